The van der Waals surface area contributed by atoms with Crippen LogP contribution in [0.4, 0.5) is 0 Å². The van der Waals surface area contributed by atoms with Gasteiger partial charge in [-0.2, -0.15) is 0 Å². The van der Waals surface area contributed by atoms with Crippen molar-refractivity contribution in [2.24, 2.45) is 0 Å². The minimum absolute atomic E-state index is 0.423. The van der Waals surface area contributed by atoms with Gasteiger partial charge in [0, 0.05) is 10.5 Å². The van der Waals surface area contributed by atoms with Gasteiger partial charge in [-0.1, -0.05) is 12.1 Å². The molecular weight excluding hydrogens is 204 g/mol. The van der Waals surface area contributed by atoms with Gasteiger partial charge in [-0.3, -0.25) is 4.79 Å². The first-order valence-corrected chi connectivity index (χ1v) is 4.71. The number of hydrogen-bond donors (Lipinski definition) is 2. The maximum Gasteiger partial charge on any atom is 0.193 e. The fraction of sp³-hybridized carbons (Fsp3) is 0.222. The van der Waals surface area contributed by atoms with Crippen LogP contribution in [0.2, 0.25) is 0 Å². The van der Waals surface area contributed by atoms with E-state index in [1.165, 1.54) is 0 Å². The zero-order valence-electron chi connectivity index (χ0n) is 6.73. The van der Waals surface area contributed by atoms with Crippen molar-refractivity contribution in [2.75, 3.05) is 0 Å². The fourth-order valence-electron chi connectivity index (χ4n) is 1.47. The molecule has 0 radical (unpaired) electrons. The van der Waals surface area contributed by atoms with Gasteiger partial charge in [0.05, 0.1) is 6.61 Å². The van der Waals surface area contributed by atoms with Crippen molar-refractivity contribution in [2.45, 2.75) is 16.4 Å². The second-order valence-corrected chi connectivity index (χ2v) is 4.06. The number of aldehydes is 1. The summed E-state index contributed by atoms with van der Waals surface area (Å²) in [4.78, 5) is 10.5. The summed E-state index contributed by atoms with van der Waals surface area (Å²) >= 11 is 8.46. The first-order valence-electron chi connectivity index (χ1n) is 3.81. The maximum absolute atomic E-state index is 10.8. The van der Waals surface area contributed by atoms with E-state index in [9.17, 15) is 4.79 Å². The molecule has 0 bridgehead atoms. The Labute approximate surface area is 87.1 Å². The predicted octanol–water partition coefficient (Wildman–Crippen LogP) is 1.79. The van der Waals surface area contributed by atoms with Gasteiger partial charge in [0.2, 0.25) is 0 Å². The molecule has 0 fully saturated rings. The summed E-state index contributed by atoms with van der Waals surface area (Å²) in [6, 6.07) is 5.62. The molecule has 2 rings (SSSR count). The zero-order valence-corrected chi connectivity index (χ0v) is 8.52. The lowest BCUT2D eigenvalue weighted by molar-refractivity contribution is -0.120. The highest BCUT2D eigenvalue weighted by atomic mass is 32.1. The Balaban J connectivity index is 2.64. The van der Waals surface area contributed by atoms with Crippen molar-refractivity contribution in [1.29, 1.82) is 0 Å². The van der Waals surface area contributed by atoms with Crippen molar-refractivity contribution >= 4 is 31.5 Å². The smallest absolute Gasteiger partial charge is 0.193 e. The first kappa shape index (κ1) is 9.12. The molecule has 1 aliphatic heterocycles. The van der Waals surface area contributed by atoms with E-state index in [1.807, 2.05) is 18.2 Å². The second kappa shape index (κ2) is 3.04. The highest BCUT2D eigenvalue weighted by Gasteiger charge is 2.37. The third-order valence-corrected chi connectivity index (χ3v) is 2.93. The van der Waals surface area contributed by atoms with Gasteiger partial charge in [0.15, 0.2) is 11.2 Å². The molecule has 0 saturated carbocycles. The maximum atomic E-state index is 10.8. The molecule has 1 aromatic carbocycles. The molecule has 1 atom stereocenters. The van der Waals surface area contributed by atoms with Gasteiger partial charge < -0.3 is 4.74 Å². The fourth-order valence-corrected chi connectivity index (χ4v) is 2.29. The van der Waals surface area contributed by atoms with E-state index in [0.29, 0.717) is 12.9 Å². The monoisotopic (exact) mass is 212 g/mol. The average molecular weight is 212 g/mol. The van der Waals surface area contributed by atoms with Gasteiger partial charge >= 0.3 is 0 Å². The number of ether oxygens (including phenoxy) is 1. The Hall–Kier alpha value is -0.450. The van der Waals surface area contributed by atoms with Crippen LogP contribution in [0.1, 0.15) is 11.1 Å². The molecule has 68 valence electrons. The van der Waals surface area contributed by atoms with E-state index in [4.69, 9.17) is 4.74 Å². The number of rotatable bonds is 1. The van der Waals surface area contributed by atoms with Gasteiger partial charge in [-0.15, -0.1) is 25.3 Å². The molecule has 0 aliphatic carbocycles. The van der Waals surface area contributed by atoms with Crippen LogP contribution in [0.25, 0.3) is 0 Å². The normalized spacial score (nSPS) is 25.7. The molecular formula is C9H8O2S2. The molecule has 13 heavy (non-hydrogen) atoms. The second-order valence-electron chi connectivity index (χ2n) is 2.91. The Morgan fingerprint density at radius 3 is 3.00 bits per heavy atom. The van der Waals surface area contributed by atoms with Crippen LogP contribution < -0.4 is 0 Å². The van der Waals surface area contributed by atoms with Gasteiger partial charge in [-0.25, -0.2) is 0 Å². The third kappa shape index (κ3) is 1.29. The summed E-state index contributed by atoms with van der Waals surface area (Å²) in [5.74, 6) is 0. The standard InChI is InChI=1S/C9H8O2S2/c10-5-9(13)8-6(4-11-9)2-1-3-7(8)12/h1-3,5,12-13H,4H2. The minimum atomic E-state index is -1.10. The van der Waals surface area contributed by atoms with E-state index in [-0.39, 0.29) is 0 Å². The van der Waals surface area contributed by atoms with Crippen molar-refractivity contribution < 1.29 is 9.53 Å². The summed E-state index contributed by atoms with van der Waals surface area (Å²) in [6.07, 6.45) is 0.696. The lowest BCUT2D eigenvalue weighted by Crippen LogP contribution is -2.19. The number of carbonyl (C=O) groups excluding carboxylic acids is 1. The minimum Gasteiger partial charge on any atom is -0.348 e. The van der Waals surface area contributed by atoms with Crippen molar-refractivity contribution in [3.05, 3.63) is 29.3 Å². The summed E-state index contributed by atoms with van der Waals surface area (Å²) in [6.45, 7) is 0.423. The molecule has 4 heteroatoms. The van der Waals surface area contributed by atoms with Crippen LogP contribution in [0, 0.1) is 0 Å². The van der Waals surface area contributed by atoms with Crippen LogP contribution in [0.3, 0.4) is 0 Å². The van der Waals surface area contributed by atoms with E-state index < -0.39 is 4.93 Å². The molecule has 1 aromatic rings. The van der Waals surface area contributed by atoms with Crippen molar-refractivity contribution in [1.82, 2.24) is 0 Å². The van der Waals surface area contributed by atoms with Crippen LogP contribution in [0.15, 0.2) is 23.1 Å². The van der Waals surface area contributed by atoms with Crippen LogP contribution in [-0.4, -0.2) is 6.29 Å². The topological polar surface area (TPSA) is 26.3 Å². The average Bonchev–Trinajstić information content (AvgIpc) is 2.47. The van der Waals surface area contributed by atoms with Crippen molar-refractivity contribution in [3.8, 4) is 0 Å². The van der Waals surface area contributed by atoms with E-state index >= 15 is 0 Å². The first-order chi connectivity index (χ1) is 6.17. The van der Waals surface area contributed by atoms with Gasteiger partial charge in [0.25, 0.3) is 0 Å². The van der Waals surface area contributed by atoms with Gasteiger partial charge in [-0.05, 0) is 11.6 Å². The van der Waals surface area contributed by atoms with E-state index in [0.717, 1.165) is 16.0 Å². The van der Waals surface area contributed by atoms with E-state index in [1.54, 1.807) is 0 Å². The molecule has 0 amide bonds. The lowest BCUT2D eigenvalue weighted by atomic mass is 10.1. The SMILES string of the molecule is O=CC1(S)OCc2cccc(S)c21. The number of thiol groups is 2. The highest BCUT2D eigenvalue weighted by molar-refractivity contribution is 7.82. The zero-order chi connectivity index (χ0) is 9.47. The molecule has 0 saturated heterocycles. The summed E-state index contributed by atoms with van der Waals surface area (Å²) in [5.41, 5.74) is 1.76. The lowest BCUT2D eigenvalue weighted by Gasteiger charge is -2.16. The molecule has 1 heterocycles. The quantitative estimate of drug-likeness (QED) is 0.548. The van der Waals surface area contributed by atoms with Crippen molar-refractivity contribution in [3.63, 3.8) is 0 Å². The third-order valence-electron chi connectivity index (χ3n) is 2.09. The Morgan fingerprint density at radius 2 is 2.31 bits per heavy atom. The molecule has 1 unspecified atom stereocenters. The Morgan fingerprint density at radius 1 is 1.54 bits per heavy atom. The highest BCUT2D eigenvalue weighted by Crippen LogP contribution is 2.41. The molecule has 2 nitrogen and oxygen atoms in total. The number of hydrogen-bond acceptors (Lipinski definition) is 4. The van der Waals surface area contributed by atoms with Crippen LogP contribution in [0.5, 0.6) is 0 Å². The molecule has 0 N–H and O–H groups in total. The summed E-state index contributed by atoms with van der Waals surface area (Å²) < 4.78 is 5.29. The van der Waals surface area contributed by atoms with Crippen LogP contribution >= 0.6 is 25.3 Å². The summed E-state index contributed by atoms with van der Waals surface area (Å²) in [7, 11) is 0. The summed E-state index contributed by atoms with van der Waals surface area (Å²) in [5, 5.41) is 0. The molecule has 1 aliphatic rings. The Bertz CT molecular complexity index is 365. The van der Waals surface area contributed by atoms with Gasteiger partial charge in [0.1, 0.15) is 0 Å². The number of fused-ring (bicyclic) bond motifs is 1. The molecule has 0 spiro atoms. The van der Waals surface area contributed by atoms with Crippen LogP contribution in [-0.2, 0) is 21.1 Å². The molecule has 0 aromatic heterocycles. The largest absolute Gasteiger partial charge is 0.348 e. The Kier molecular flexibility index (Phi) is 2.14. The number of carbonyl (C=O) groups is 1. The predicted molar refractivity (Wildman–Crippen MR) is 55.2 cm³/mol. The number of benzene rings is 1. The van der Waals surface area contributed by atoms with E-state index in [2.05, 4.69) is 25.3 Å².